The molecule has 2 rings (SSSR count). The molecule has 1 aromatic carbocycles. The van der Waals surface area contributed by atoms with Crippen LogP contribution in [-0.4, -0.2) is 40.3 Å². The van der Waals surface area contributed by atoms with Gasteiger partial charge in [-0.1, -0.05) is 0 Å². The van der Waals surface area contributed by atoms with Crippen LogP contribution in [0.25, 0.3) is 0 Å². The molecule has 0 radical (unpaired) electrons. The zero-order chi connectivity index (χ0) is 18.4. The molecule has 0 spiro atoms. The molecule has 0 aliphatic carbocycles. The average molecular weight is 356 g/mol. The molecule has 24 heavy (non-hydrogen) atoms. The number of carboxylic acids is 1. The molecular formula is C15H20N2O6S. The van der Waals surface area contributed by atoms with Crippen LogP contribution in [0, 0.1) is 24.0 Å². The average Bonchev–Trinajstić information content (AvgIpc) is 2.77. The normalized spacial score (nSPS) is 20.9. The summed E-state index contributed by atoms with van der Waals surface area (Å²) in [5.74, 6) is -1.22. The molecule has 132 valence electrons. The summed E-state index contributed by atoms with van der Waals surface area (Å²) >= 11 is 0. The fourth-order valence-electron chi connectivity index (χ4n) is 3.12. The third-order valence-electron chi connectivity index (χ3n) is 4.56. The van der Waals surface area contributed by atoms with Gasteiger partial charge in [0.05, 0.1) is 9.82 Å². The first-order chi connectivity index (χ1) is 10.9. The largest absolute Gasteiger partial charge is 0.480 e. The van der Waals surface area contributed by atoms with Crippen molar-refractivity contribution >= 4 is 21.7 Å². The molecular weight excluding hydrogens is 336 g/mol. The van der Waals surface area contributed by atoms with Crippen LogP contribution in [0.1, 0.15) is 37.8 Å². The number of nitrogens with zero attached hydrogens (tertiary/aromatic N) is 2. The number of rotatable bonds is 4. The van der Waals surface area contributed by atoms with Crippen LogP contribution in [0.4, 0.5) is 5.69 Å². The zero-order valence-corrected chi connectivity index (χ0v) is 14.8. The van der Waals surface area contributed by atoms with Crippen LogP contribution in [0.3, 0.4) is 0 Å². The first-order valence-corrected chi connectivity index (χ1v) is 8.86. The Bertz CT molecular complexity index is 815. The SMILES string of the molecule is Cc1cc(S(=O)(=O)N2[C@@H](C(=O)O)CCC2(C)C)cc([N+](=O)[O-])c1C. The number of nitro groups is 1. The summed E-state index contributed by atoms with van der Waals surface area (Å²) in [6.07, 6.45) is 0.602. The highest BCUT2D eigenvalue weighted by Crippen LogP contribution is 2.39. The van der Waals surface area contributed by atoms with Gasteiger partial charge in [0.1, 0.15) is 6.04 Å². The molecule has 8 nitrogen and oxygen atoms in total. The zero-order valence-electron chi connectivity index (χ0n) is 13.9. The standard InChI is InChI=1S/C15H20N2O6S/c1-9-7-11(8-13(10(9)2)17(20)21)24(22,23)16-12(14(18)19)5-6-15(16,3)4/h7-8,12H,5-6H2,1-4H3,(H,18,19)/t12-/m1/s1. The van der Waals surface area contributed by atoms with Gasteiger partial charge in [-0.3, -0.25) is 14.9 Å². The molecule has 1 aliphatic rings. The topological polar surface area (TPSA) is 118 Å². The Labute approximate surface area is 140 Å². The van der Waals surface area contributed by atoms with Gasteiger partial charge in [-0.15, -0.1) is 0 Å². The predicted octanol–water partition coefficient (Wildman–Crippen LogP) is 2.23. The van der Waals surface area contributed by atoms with E-state index in [1.807, 2.05) is 0 Å². The van der Waals surface area contributed by atoms with Gasteiger partial charge >= 0.3 is 5.97 Å². The number of aliphatic carboxylic acids is 1. The monoisotopic (exact) mass is 356 g/mol. The number of hydrogen-bond acceptors (Lipinski definition) is 5. The molecule has 0 amide bonds. The van der Waals surface area contributed by atoms with Crippen LogP contribution in [-0.2, 0) is 14.8 Å². The van der Waals surface area contributed by atoms with E-state index in [1.165, 1.54) is 6.07 Å². The van der Waals surface area contributed by atoms with Crippen LogP contribution in [0.15, 0.2) is 17.0 Å². The fourth-order valence-corrected chi connectivity index (χ4v) is 5.20. The van der Waals surface area contributed by atoms with Crippen molar-refractivity contribution < 1.29 is 23.2 Å². The van der Waals surface area contributed by atoms with Crippen LogP contribution >= 0.6 is 0 Å². The minimum Gasteiger partial charge on any atom is -0.480 e. The molecule has 1 aromatic rings. The van der Waals surface area contributed by atoms with Crippen molar-refractivity contribution in [1.29, 1.82) is 0 Å². The van der Waals surface area contributed by atoms with E-state index < -0.39 is 32.5 Å². The molecule has 1 atom stereocenters. The number of carboxylic acid groups (broad SMARTS) is 1. The molecule has 1 fully saturated rings. The van der Waals surface area contributed by atoms with Gasteiger partial charge in [-0.05, 0) is 52.2 Å². The minimum atomic E-state index is -4.19. The lowest BCUT2D eigenvalue weighted by Crippen LogP contribution is -2.49. The van der Waals surface area contributed by atoms with Crippen molar-refractivity contribution in [2.24, 2.45) is 0 Å². The Balaban J connectivity index is 2.66. The molecule has 1 saturated heterocycles. The molecule has 0 unspecified atom stereocenters. The lowest BCUT2D eigenvalue weighted by molar-refractivity contribution is -0.385. The molecule has 0 aromatic heterocycles. The summed E-state index contributed by atoms with van der Waals surface area (Å²) in [5, 5.41) is 20.5. The van der Waals surface area contributed by atoms with E-state index >= 15 is 0 Å². The molecule has 0 bridgehead atoms. The van der Waals surface area contributed by atoms with E-state index in [-0.39, 0.29) is 17.0 Å². The second-order valence-corrected chi connectivity index (χ2v) is 8.46. The van der Waals surface area contributed by atoms with Crippen molar-refractivity contribution in [3.63, 3.8) is 0 Å². The summed E-state index contributed by atoms with van der Waals surface area (Å²) in [5.41, 5.74) is -0.325. The Morgan fingerprint density at radius 3 is 2.46 bits per heavy atom. The van der Waals surface area contributed by atoms with Gasteiger partial charge in [0.15, 0.2) is 0 Å². The Morgan fingerprint density at radius 2 is 1.96 bits per heavy atom. The number of carbonyl (C=O) groups is 1. The number of benzene rings is 1. The summed E-state index contributed by atoms with van der Waals surface area (Å²) in [6, 6.07) is 1.18. The second kappa shape index (κ2) is 5.82. The highest BCUT2D eigenvalue weighted by atomic mass is 32.2. The maximum Gasteiger partial charge on any atom is 0.322 e. The van der Waals surface area contributed by atoms with Crippen molar-refractivity contribution in [1.82, 2.24) is 4.31 Å². The lowest BCUT2D eigenvalue weighted by atomic mass is 10.0. The quantitative estimate of drug-likeness (QED) is 0.653. The molecule has 9 heteroatoms. The van der Waals surface area contributed by atoms with Crippen LogP contribution in [0.5, 0.6) is 0 Å². The highest BCUT2D eigenvalue weighted by molar-refractivity contribution is 7.89. The maximum absolute atomic E-state index is 13.0. The Hall–Kier alpha value is -2.00. The van der Waals surface area contributed by atoms with E-state index in [0.29, 0.717) is 17.5 Å². The second-order valence-electron chi connectivity index (χ2n) is 6.65. The van der Waals surface area contributed by atoms with Gasteiger partial charge in [0.2, 0.25) is 10.0 Å². The Kier molecular flexibility index (Phi) is 4.45. The van der Waals surface area contributed by atoms with Gasteiger partial charge in [-0.2, -0.15) is 4.31 Å². The number of hydrogen-bond donors (Lipinski definition) is 1. The first kappa shape index (κ1) is 18.3. The highest BCUT2D eigenvalue weighted by Gasteiger charge is 2.50. The molecule has 1 heterocycles. The van der Waals surface area contributed by atoms with Crippen molar-refractivity contribution in [3.05, 3.63) is 33.4 Å². The third-order valence-corrected chi connectivity index (χ3v) is 6.66. The summed E-state index contributed by atoms with van der Waals surface area (Å²) in [7, 11) is -4.19. The van der Waals surface area contributed by atoms with E-state index in [0.717, 1.165) is 10.4 Å². The van der Waals surface area contributed by atoms with Crippen molar-refractivity contribution in [2.75, 3.05) is 0 Å². The van der Waals surface area contributed by atoms with E-state index in [2.05, 4.69) is 0 Å². The van der Waals surface area contributed by atoms with Crippen LogP contribution in [0.2, 0.25) is 0 Å². The Morgan fingerprint density at radius 1 is 1.38 bits per heavy atom. The summed E-state index contributed by atoms with van der Waals surface area (Å²) in [4.78, 5) is 21.8. The summed E-state index contributed by atoms with van der Waals surface area (Å²) < 4.78 is 27.1. The number of sulfonamides is 1. The van der Waals surface area contributed by atoms with E-state index in [4.69, 9.17) is 0 Å². The molecule has 1 N–H and O–H groups in total. The predicted molar refractivity (Wildman–Crippen MR) is 86.3 cm³/mol. The van der Waals surface area contributed by atoms with E-state index in [9.17, 15) is 28.4 Å². The van der Waals surface area contributed by atoms with Gasteiger partial charge in [0, 0.05) is 17.2 Å². The minimum absolute atomic E-state index is 0.203. The van der Waals surface area contributed by atoms with Crippen LogP contribution < -0.4 is 0 Å². The lowest BCUT2D eigenvalue weighted by Gasteiger charge is -2.33. The molecule has 1 aliphatic heterocycles. The first-order valence-electron chi connectivity index (χ1n) is 7.42. The smallest absolute Gasteiger partial charge is 0.322 e. The summed E-state index contributed by atoms with van der Waals surface area (Å²) in [6.45, 7) is 6.45. The van der Waals surface area contributed by atoms with Crippen molar-refractivity contribution in [3.8, 4) is 0 Å². The number of aryl methyl sites for hydroxylation is 1. The molecule has 0 saturated carbocycles. The van der Waals surface area contributed by atoms with Gasteiger partial charge in [-0.25, -0.2) is 8.42 Å². The number of nitro benzene ring substituents is 1. The third kappa shape index (κ3) is 2.89. The fraction of sp³-hybridized carbons (Fsp3) is 0.533. The van der Waals surface area contributed by atoms with Crippen molar-refractivity contribution in [2.45, 2.75) is 57.0 Å². The van der Waals surface area contributed by atoms with Gasteiger partial charge in [0.25, 0.3) is 5.69 Å². The maximum atomic E-state index is 13.0. The van der Waals surface area contributed by atoms with Gasteiger partial charge < -0.3 is 5.11 Å². The van der Waals surface area contributed by atoms with E-state index in [1.54, 1.807) is 27.7 Å².